The molecule has 5 nitrogen and oxygen atoms in total. The van der Waals surface area contributed by atoms with Crippen molar-refractivity contribution in [3.63, 3.8) is 0 Å². The van der Waals surface area contributed by atoms with E-state index in [2.05, 4.69) is 20.6 Å². The first-order valence-electron chi connectivity index (χ1n) is 19.4. The Labute approximate surface area is 412 Å². The highest BCUT2D eigenvalue weighted by Gasteiger charge is 2.31. The maximum Gasteiger partial charge on any atom is 0.569 e. The third-order valence-corrected chi connectivity index (χ3v) is 9.84. The maximum atomic E-state index is 12.5. The van der Waals surface area contributed by atoms with E-state index in [-0.39, 0.29) is 47.7 Å². The minimum absolute atomic E-state index is 0. The molecule has 18 heteroatoms. The van der Waals surface area contributed by atoms with Gasteiger partial charge in [-0.1, -0.05) is 101 Å². The zero-order valence-electron chi connectivity index (χ0n) is 36.6. The Morgan fingerprint density at radius 2 is 0.591 bits per heavy atom. The SMILES string of the molecule is CC(C)(N)c1ccc(-c2ccc(C(F)(F)F)cc2)cc1.CC(C)(N)c1ccc(-c2ccc(C(F)(F)F)cc2)cc1.CC(C)(N)c1ccc(Br)cc1.Cl.O[B]Oc1ccc(C(F)(F)F)cc1.[I-]. The minimum Gasteiger partial charge on any atom is -1.00 e. The number of benzene rings is 6. The number of rotatable bonds is 7. The zero-order valence-corrected chi connectivity index (χ0v) is 41.1. The molecule has 0 aliphatic heterocycles. The van der Waals surface area contributed by atoms with Crippen molar-refractivity contribution >= 4 is 36.0 Å². The lowest BCUT2D eigenvalue weighted by Gasteiger charge is -2.19. The van der Waals surface area contributed by atoms with Gasteiger partial charge in [0, 0.05) is 21.1 Å². The molecular formula is C48H50BBrClF9IN3O2-. The molecule has 66 heavy (non-hydrogen) atoms. The van der Waals surface area contributed by atoms with Crippen LogP contribution < -0.4 is 45.8 Å². The fraction of sp³-hybridized carbons (Fsp3) is 0.250. The van der Waals surface area contributed by atoms with Gasteiger partial charge in [-0.25, -0.2) is 0 Å². The molecule has 0 heterocycles. The van der Waals surface area contributed by atoms with Gasteiger partial charge in [-0.2, -0.15) is 39.5 Å². The largest absolute Gasteiger partial charge is 1.00 e. The quantitative estimate of drug-likeness (QED) is 0.0724. The van der Waals surface area contributed by atoms with Gasteiger partial charge in [0.2, 0.25) is 0 Å². The van der Waals surface area contributed by atoms with Crippen LogP contribution in [0.1, 0.15) is 74.9 Å². The van der Waals surface area contributed by atoms with E-state index in [1.807, 2.05) is 114 Å². The van der Waals surface area contributed by atoms with Crippen LogP contribution in [0, 0.1) is 0 Å². The van der Waals surface area contributed by atoms with Crippen molar-refractivity contribution in [2.45, 2.75) is 76.7 Å². The second-order valence-electron chi connectivity index (χ2n) is 16.2. The highest BCUT2D eigenvalue weighted by Crippen LogP contribution is 2.34. The molecule has 1 radical (unpaired) electrons. The number of hydrogen-bond donors (Lipinski definition) is 4. The first-order chi connectivity index (χ1) is 29.4. The van der Waals surface area contributed by atoms with Crippen molar-refractivity contribution in [1.29, 1.82) is 0 Å². The fourth-order valence-electron chi connectivity index (χ4n) is 5.55. The topological polar surface area (TPSA) is 108 Å². The zero-order chi connectivity index (χ0) is 48.3. The van der Waals surface area contributed by atoms with Crippen LogP contribution in [0.5, 0.6) is 5.75 Å². The Bertz CT molecular complexity index is 2110. The van der Waals surface area contributed by atoms with Crippen molar-refractivity contribution in [3.8, 4) is 28.0 Å². The Hall–Kier alpha value is -4.11. The van der Waals surface area contributed by atoms with E-state index in [1.54, 1.807) is 0 Å². The normalized spacial score (nSPS) is 11.7. The van der Waals surface area contributed by atoms with Gasteiger partial charge in [0.1, 0.15) is 5.75 Å². The van der Waals surface area contributed by atoms with Crippen LogP contribution in [0.2, 0.25) is 0 Å². The van der Waals surface area contributed by atoms with Gasteiger partial charge >= 0.3 is 26.2 Å². The van der Waals surface area contributed by atoms with E-state index in [0.717, 1.165) is 91.9 Å². The van der Waals surface area contributed by atoms with Gasteiger partial charge < -0.3 is 50.9 Å². The van der Waals surface area contributed by atoms with Gasteiger partial charge in [0.15, 0.2) is 0 Å². The van der Waals surface area contributed by atoms with E-state index in [1.165, 1.54) is 24.3 Å². The maximum absolute atomic E-state index is 12.5. The van der Waals surface area contributed by atoms with E-state index in [0.29, 0.717) is 7.69 Å². The highest BCUT2D eigenvalue weighted by atomic mass is 127. The van der Waals surface area contributed by atoms with Gasteiger partial charge in [0.05, 0.1) is 16.7 Å². The van der Waals surface area contributed by atoms with Crippen LogP contribution in [-0.4, -0.2) is 12.7 Å². The molecule has 0 aromatic heterocycles. The van der Waals surface area contributed by atoms with E-state index < -0.39 is 46.3 Å². The van der Waals surface area contributed by atoms with E-state index >= 15 is 0 Å². The van der Waals surface area contributed by atoms with Crippen molar-refractivity contribution in [1.82, 2.24) is 0 Å². The Morgan fingerprint density at radius 3 is 0.788 bits per heavy atom. The molecule has 0 unspecified atom stereocenters. The van der Waals surface area contributed by atoms with Gasteiger partial charge in [-0.05, 0) is 141 Å². The number of alkyl halides is 9. The van der Waals surface area contributed by atoms with Crippen LogP contribution in [-0.2, 0) is 35.1 Å². The van der Waals surface area contributed by atoms with Crippen molar-refractivity contribution in [2.75, 3.05) is 0 Å². The molecule has 7 N–H and O–H groups in total. The van der Waals surface area contributed by atoms with E-state index in [9.17, 15) is 39.5 Å². The average Bonchev–Trinajstić information content (AvgIpc) is 3.20. The van der Waals surface area contributed by atoms with Crippen molar-refractivity contribution < 1.29 is 73.2 Å². The standard InChI is InChI=1S/2C16H16F3N.C9H12BrN.C7H5BF3O2.ClH.HI/c2*1-15(2,20)13-7-3-11(4-8-13)12-5-9-14(10-6-12)16(17,18)19;1-9(2,11)7-3-5-8(10)6-4-7;9-7(10,11)5-1-3-6(4-2-5)13-8-12;;/h2*3-10H,20H2,1-2H3;3-6H,11H2,1-2H3;1-4,12H;2*1H/p-1. The predicted molar refractivity (Wildman–Crippen MR) is 247 cm³/mol. The molecule has 0 amide bonds. The average molecular weight is 1130 g/mol. The molecule has 0 aliphatic carbocycles. The summed E-state index contributed by atoms with van der Waals surface area (Å²) in [5, 5.41) is 8.18. The summed E-state index contributed by atoms with van der Waals surface area (Å²) >= 11 is 3.37. The minimum atomic E-state index is -4.35. The van der Waals surface area contributed by atoms with Crippen molar-refractivity contribution in [3.05, 3.63) is 183 Å². The molecule has 6 aromatic rings. The molecule has 0 fully saturated rings. The lowest BCUT2D eigenvalue weighted by Crippen LogP contribution is -3.00. The van der Waals surface area contributed by atoms with Crippen LogP contribution in [0.15, 0.2) is 150 Å². The van der Waals surface area contributed by atoms with E-state index in [4.69, 9.17) is 22.2 Å². The van der Waals surface area contributed by atoms with Crippen LogP contribution >= 0.6 is 28.3 Å². The summed E-state index contributed by atoms with van der Waals surface area (Å²) in [4.78, 5) is 0. The highest BCUT2D eigenvalue weighted by molar-refractivity contribution is 9.10. The number of nitrogens with two attached hydrogens (primary N) is 3. The second-order valence-corrected chi connectivity index (χ2v) is 17.1. The first kappa shape index (κ1) is 59.9. The van der Waals surface area contributed by atoms with Crippen LogP contribution in [0.25, 0.3) is 22.3 Å². The third kappa shape index (κ3) is 19.6. The molecule has 0 aliphatic rings. The molecule has 6 rings (SSSR count). The Balaban J connectivity index is 0.000000448. The summed E-state index contributed by atoms with van der Waals surface area (Å²) in [6, 6.07) is 37.4. The first-order valence-corrected chi connectivity index (χ1v) is 20.2. The second kappa shape index (κ2) is 24.8. The molecular weight excluding hydrogens is 1070 g/mol. The molecule has 357 valence electrons. The van der Waals surface area contributed by atoms with Gasteiger partial charge in [-0.15, -0.1) is 12.4 Å². The predicted octanol–water partition coefficient (Wildman–Crippen LogP) is 10.8. The molecule has 0 spiro atoms. The molecule has 0 saturated carbocycles. The molecule has 6 aromatic carbocycles. The lowest BCUT2D eigenvalue weighted by atomic mass is 9.93. The molecule has 0 saturated heterocycles. The van der Waals surface area contributed by atoms with Gasteiger partial charge in [-0.3, -0.25) is 0 Å². The van der Waals surface area contributed by atoms with Crippen LogP contribution in [0.4, 0.5) is 39.5 Å². The Morgan fingerprint density at radius 1 is 0.394 bits per heavy atom. The van der Waals surface area contributed by atoms with Gasteiger partial charge in [0.25, 0.3) is 0 Å². The summed E-state index contributed by atoms with van der Waals surface area (Å²) in [6.07, 6.45) is -12.9. The fourth-order valence-corrected chi connectivity index (χ4v) is 5.81. The number of halogens is 12. The number of hydrogen-bond acceptors (Lipinski definition) is 5. The summed E-state index contributed by atoms with van der Waals surface area (Å²) in [5.41, 5.74) is 21.1. The summed E-state index contributed by atoms with van der Waals surface area (Å²) in [6.45, 7) is 11.6. The van der Waals surface area contributed by atoms with Crippen LogP contribution in [0.3, 0.4) is 0 Å². The molecule has 0 bridgehead atoms. The molecule has 0 atom stereocenters. The third-order valence-electron chi connectivity index (χ3n) is 9.31. The summed E-state index contributed by atoms with van der Waals surface area (Å²) in [5.74, 6) is 0.149. The lowest BCUT2D eigenvalue weighted by molar-refractivity contribution is -0.138. The monoisotopic (exact) mass is 1120 g/mol. The summed E-state index contributed by atoms with van der Waals surface area (Å²) < 4.78 is 117. The smallest absolute Gasteiger partial charge is 0.569 e. The summed E-state index contributed by atoms with van der Waals surface area (Å²) in [7, 11) is 0.405. The Kier molecular flexibility index (Phi) is 22.5. The van der Waals surface area contributed by atoms with Crippen molar-refractivity contribution in [2.24, 2.45) is 17.2 Å².